The third kappa shape index (κ3) is 5.66. The fraction of sp³-hybridized carbons (Fsp3) is 0.333. The number of nitrogens with two attached hydrogens (primary N) is 1. The maximum absolute atomic E-state index is 13.2. The van der Waals surface area contributed by atoms with Gasteiger partial charge >= 0.3 is 7.48 Å². The van der Waals surface area contributed by atoms with E-state index in [9.17, 15) is 9.59 Å². The van der Waals surface area contributed by atoms with Crippen molar-refractivity contribution < 1.29 is 19.1 Å². The molecule has 0 fully saturated rings. The van der Waals surface area contributed by atoms with Gasteiger partial charge in [-0.1, -0.05) is 36.4 Å². The predicted molar refractivity (Wildman–Crippen MR) is 112 cm³/mol. The summed E-state index contributed by atoms with van der Waals surface area (Å²) in [4.78, 5) is 31.3. The van der Waals surface area contributed by atoms with Crippen LogP contribution in [0.1, 0.15) is 34.3 Å². The molecule has 0 aromatic heterocycles. The Morgan fingerprint density at radius 3 is 2.83 bits per heavy atom. The van der Waals surface area contributed by atoms with Crippen LogP contribution in [0.3, 0.4) is 0 Å². The lowest BCUT2D eigenvalue weighted by Gasteiger charge is -2.24. The van der Waals surface area contributed by atoms with E-state index in [1.165, 1.54) is 7.11 Å². The molecule has 7 nitrogen and oxygen atoms in total. The number of nitrogens with zero attached hydrogens (tertiary/aromatic N) is 1. The molecule has 152 valence electrons. The third-order valence-electron chi connectivity index (χ3n) is 4.95. The lowest BCUT2D eigenvalue weighted by molar-refractivity contribution is -0.132. The van der Waals surface area contributed by atoms with Gasteiger partial charge in [0.05, 0.1) is 19.8 Å². The summed E-state index contributed by atoms with van der Waals surface area (Å²) in [6, 6.07) is 14.9. The number of amides is 2. The van der Waals surface area contributed by atoms with Gasteiger partial charge in [0.2, 0.25) is 0 Å². The number of rotatable bonds is 9. The normalized spacial score (nSPS) is 13.3. The number of nitrogens with one attached hydrogen (secondary N) is 1. The first-order valence-corrected chi connectivity index (χ1v) is 9.69. The SMILES string of the molecule is CONC(=O)[C@@H](N)CCCN(Cc1ccccc1)C(=O)c1ccc2c(c1)COB2. The van der Waals surface area contributed by atoms with Crippen molar-refractivity contribution in [3.05, 3.63) is 65.2 Å². The van der Waals surface area contributed by atoms with Gasteiger partial charge in [-0.15, -0.1) is 0 Å². The first-order chi connectivity index (χ1) is 14.1. The number of benzene rings is 2. The molecule has 2 aromatic rings. The van der Waals surface area contributed by atoms with Crippen LogP contribution < -0.4 is 16.7 Å². The van der Waals surface area contributed by atoms with E-state index in [1.807, 2.05) is 48.5 Å². The van der Waals surface area contributed by atoms with Crippen molar-refractivity contribution in [2.24, 2.45) is 5.73 Å². The Morgan fingerprint density at radius 1 is 1.28 bits per heavy atom. The molecule has 3 N–H and O–H groups in total. The fourth-order valence-electron chi connectivity index (χ4n) is 3.35. The summed E-state index contributed by atoms with van der Waals surface area (Å²) >= 11 is 0. The molecule has 2 amide bonds. The van der Waals surface area contributed by atoms with E-state index in [2.05, 4.69) is 10.3 Å². The van der Waals surface area contributed by atoms with E-state index in [0.717, 1.165) is 16.6 Å². The highest BCUT2D eigenvalue weighted by molar-refractivity contribution is 6.48. The molecule has 1 heterocycles. The number of carbonyl (C=O) groups is 2. The highest BCUT2D eigenvalue weighted by Crippen LogP contribution is 2.15. The minimum Gasteiger partial charge on any atom is -0.430 e. The summed E-state index contributed by atoms with van der Waals surface area (Å²) in [6.45, 7) is 1.53. The van der Waals surface area contributed by atoms with Crippen molar-refractivity contribution in [3.8, 4) is 0 Å². The zero-order chi connectivity index (χ0) is 20.6. The summed E-state index contributed by atoms with van der Waals surface area (Å²) in [7, 11) is 1.96. The number of carbonyl (C=O) groups excluding carboxylic acids is 2. The van der Waals surface area contributed by atoms with E-state index >= 15 is 0 Å². The maximum Gasteiger partial charge on any atom is 0.309 e. The van der Waals surface area contributed by atoms with Crippen LogP contribution in [0.15, 0.2) is 48.5 Å². The van der Waals surface area contributed by atoms with Crippen molar-refractivity contribution in [1.29, 1.82) is 0 Å². The Balaban J connectivity index is 1.69. The second-order valence-corrected chi connectivity index (χ2v) is 7.11. The molecule has 1 atom stereocenters. The Hall–Kier alpha value is -2.68. The van der Waals surface area contributed by atoms with Gasteiger partial charge in [-0.25, -0.2) is 5.48 Å². The molecule has 2 aromatic carbocycles. The highest BCUT2D eigenvalue weighted by Gasteiger charge is 2.21. The molecule has 0 unspecified atom stereocenters. The predicted octanol–water partition coefficient (Wildman–Crippen LogP) is 0.621. The largest absolute Gasteiger partial charge is 0.430 e. The molecule has 0 bridgehead atoms. The molecular formula is C21H26BN3O4. The summed E-state index contributed by atoms with van der Waals surface area (Å²) in [5.41, 5.74) is 12.0. The lowest BCUT2D eigenvalue weighted by atomic mass is 9.86. The van der Waals surface area contributed by atoms with Gasteiger partial charge in [-0.2, -0.15) is 0 Å². The maximum atomic E-state index is 13.2. The monoisotopic (exact) mass is 395 g/mol. The van der Waals surface area contributed by atoms with Crippen molar-refractivity contribution in [2.45, 2.75) is 32.0 Å². The first kappa shape index (κ1) is 21.0. The van der Waals surface area contributed by atoms with Crippen molar-refractivity contribution in [2.75, 3.05) is 13.7 Å². The molecule has 0 saturated heterocycles. The van der Waals surface area contributed by atoms with E-state index in [0.29, 0.717) is 45.6 Å². The Kier molecular flexibility index (Phi) is 7.40. The molecule has 0 spiro atoms. The van der Waals surface area contributed by atoms with Crippen LogP contribution in [0.5, 0.6) is 0 Å². The van der Waals surface area contributed by atoms with Gasteiger partial charge in [0.1, 0.15) is 0 Å². The van der Waals surface area contributed by atoms with Crippen LogP contribution in [0.2, 0.25) is 0 Å². The standard InChI is InChI=1S/C21H26BN3O4/c1-28-24-20(26)19(23)8-5-11-25(13-15-6-3-2-4-7-15)21(27)16-9-10-18-17(12-16)14-29-22-18/h2-4,6-7,9-10,12,19,22H,5,8,11,13-14,23H2,1H3,(H,24,26)/t19-/m0/s1. The number of hydroxylamine groups is 1. The highest BCUT2D eigenvalue weighted by atomic mass is 16.6. The molecule has 29 heavy (non-hydrogen) atoms. The van der Waals surface area contributed by atoms with E-state index in [1.54, 1.807) is 4.90 Å². The number of hydrogen-bond donors (Lipinski definition) is 2. The quantitative estimate of drug-likeness (QED) is 0.480. The minimum atomic E-state index is -0.680. The third-order valence-corrected chi connectivity index (χ3v) is 4.95. The average Bonchev–Trinajstić information content (AvgIpc) is 3.21. The Labute approximate surface area is 171 Å². The molecule has 0 aliphatic carbocycles. The van der Waals surface area contributed by atoms with Gasteiger partial charge in [0, 0.05) is 18.7 Å². The van der Waals surface area contributed by atoms with Crippen molar-refractivity contribution >= 4 is 24.8 Å². The Morgan fingerprint density at radius 2 is 2.07 bits per heavy atom. The summed E-state index contributed by atoms with van der Waals surface area (Å²) < 4.78 is 5.45. The Bertz CT molecular complexity index is 847. The minimum absolute atomic E-state index is 0.0431. The van der Waals surface area contributed by atoms with Gasteiger partial charge < -0.3 is 15.3 Å². The zero-order valence-corrected chi connectivity index (χ0v) is 16.6. The molecule has 0 radical (unpaired) electrons. The first-order valence-electron chi connectivity index (χ1n) is 9.69. The summed E-state index contributed by atoms with van der Waals surface area (Å²) in [6.07, 6.45) is 1.05. The number of fused-ring (bicyclic) bond motifs is 1. The van der Waals surface area contributed by atoms with Crippen LogP contribution >= 0.6 is 0 Å². The second-order valence-electron chi connectivity index (χ2n) is 7.11. The molecule has 0 saturated carbocycles. The molecular weight excluding hydrogens is 369 g/mol. The van der Waals surface area contributed by atoms with Crippen LogP contribution in [-0.4, -0.2) is 43.9 Å². The number of hydrogen-bond acceptors (Lipinski definition) is 5. The molecule has 3 rings (SSSR count). The van der Waals surface area contributed by atoms with Gasteiger partial charge in [0.25, 0.3) is 11.8 Å². The van der Waals surface area contributed by atoms with Gasteiger partial charge in [0.15, 0.2) is 0 Å². The smallest absolute Gasteiger partial charge is 0.309 e. The van der Waals surface area contributed by atoms with Gasteiger partial charge in [-0.3, -0.25) is 14.4 Å². The van der Waals surface area contributed by atoms with Crippen LogP contribution in [0.25, 0.3) is 0 Å². The second kappa shape index (κ2) is 10.2. The van der Waals surface area contributed by atoms with Crippen LogP contribution in [0, 0.1) is 0 Å². The van der Waals surface area contributed by atoms with E-state index in [-0.39, 0.29) is 11.8 Å². The van der Waals surface area contributed by atoms with E-state index in [4.69, 9.17) is 10.4 Å². The fourth-order valence-corrected chi connectivity index (χ4v) is 3.35. The summed E-state index contributed by atoms with van der Waals surface area (Å²) in [5.74, 6) is -0.412. The van der Waals surface area contributed by atoms with Crippen LogP contribution in [0.4, 0.5) is 0 Å². The zero-order valence-electron chi connectivity index (χ0n) is 16.6. The van der Waals surface area contributed by atoms with E-state index < -0.39 is 6.04 Å². The van der Waals surface area contributed by atoms with Crippen molar-refractivity contribution in [1.82, 2.24) is 10.4 Å². The lowest BCUT2D eigenvalue weighted by Crippen LogP contribution is -2.40. The van der Waals surface area contributed by atoms with Crippen LogP contribution in [-0.2, 0) is 27.4 Å². The van der Waals surface area contributed by atoms with Crippen molar-refractivity contribution in [3.63, 3.8) is 0 Å². The molecule has 8 heteroatoms. The molecule has 1 aliphatic heterocycles. The summed E-state index contributed by atoms with van der Waals surface area (Å²) in [5, 5.41) is 0. The van der Waals surface area contributed by atoms with Gasteiger partial charge in [-0.05, 0) is 41.6 Å². The molecule has 1 aliphatic rings. The average molecular weight is 395 g/mol. The topological polar surface area (TPSA) is 93.9 Å².